The van der Waals surface area contributed by atoms with Gasteiger partial charge in [-0.2, -0.15) is 0 Å². The molecule has 0 fully saturated rings. The highest BCUT2D eigenvalue weighted by Crippen LogP contribution is 2.16. The molecule has 6 heteroatoms. The molecule has 0 aliphatic rings. The molecule has 0 saturated heterocycles. The number of nitrogens with zero attached hydrogens (tertiary/aromatic N) is 3. The van der Waals surface area contributed by atoms with Gasteiger partial charge in [-0.1, -0.05) is 0 Å². The summed E-state index contributed by atoms with van der Waals surface area (Å²) in [4.78, 5) is 8.01. The van der Waals surface area contributed by atoms with Crippen molar-refractivity contribution in [1.82, 2.24) is 20.0 Å². The lowest BCUT2D eigenvalue weighted by Gasteiger charge is -2.15. The minimum atomic E-state index is -0.373. The molecule has 1 atom stereocenters. The van der Waals surface area contributed by atoms with Crippen LogP contribution in [-0.2, 0) is 13.5 Å². The largest absolute Gasteiger partial charge is 0.338 e. The van der Waals surface area contributed by atoms with Crippen molar-refractivity contribution in [3.63, 3.8) is 0 Å². The second-order valence-electron chi connectivity index (χ2n) is 3.81. The Morgan fingerprint density at radius 3 is 2.94 bits per heavy atom. The molecule has 5 nitrogen and oxygen atoms in total. The number of hydrogen-bond donors (Lipinski definition) is 2. The van der Waals surface area contributed by atoms with Crippen LogP contribution in [0, 0.1) is 5.82 Å². The van der Waals surface area contributed by atoms with Gasteiger partial charge in [0.15, 0.2) is 0 Å². The molecule has 3 N–H and O–H groups in total. The zero-order chi connectivity index (χ0) is 12.3. The fourth-order valence-electron chi connectivity index (χ4n) is 1.67. The number of hydrazine groups is 1. The van der Waals surface area contributed by atoms with Gasteiger partial charge in [-0.15, -0.1) is 0 Å². The van der Waals surface area contributed by atoms with Crippen LogP contribution in [0.3, 0.4) is 0 Å². The van der Waals surface area contributed by atoms with Crippen LogP contribution in [0.25, 0.3) is 0 Å². The minimum absolute atomic E-state index is 0.209. The van der Waals surface area contributed by atoms with Gasteiger partial charge >= 0.3 is 0 Å². The first-order chi connectivity index (χ1) is 8.20. The number of pyridine rings is 1. The Morgan fingerprint density at radius 2 is 2.35 bits per heavy atom. The first kappa shape index (κ1) is 11.7. The SMILES string of the molecule is Cn1ccnc1CC(NN)c1cncc(F)c1. The predicted octanol–water partition coefficient (Wildman–Crippen LogP) is 0.701. The van der Waals surface area contributed by atoms with Gasteiger partial charge in [0.2, 0.25) is 0 Å². The summed E-state index contributed by atoms with van der Waals surface area (Å²) in [6.07, 6.45) is 6.90. The van der Waals surface area contributed by atoms with E-state index in [0.29, 0.717) is 12.0 Å². The van der Waals surface area contributed by atoms with E-state index in [1.807, 2.05) is 17.8 Å². The molecule has 90 valence electrons. The first-order valence-electron chi connectivity index (χ1n) is 5.23. The van der Waals surface area contributed by atoms with Gasteiger partial charge in [-0.3, -0.25) is 16.3 Å². The van der Waals surface area contributed by atoms with Crippen LogP contribution < -0.4 is 11.3 Å². The lowest BCUT2D eigenvalue weighted by atomic mass is 10.1. The van der Waals surface area contributed by atoms with Crippen molar-refractivity contribution in [2.75, 3.05) is 0 Å². The van der Waals surface area contributed by atoms with Gasteiger partial charge < -0.3 is 4.57 Å². The molecule has 0 saturated carbocycles. The quantitative estimate of drug-likeness (QED) is 0.604. The van der Waals surface area contributed by atoms with Crippen molar-refractivity contribution in [1.29, 1.82) is 0 Å². The molecule has 2 heterocycles. The molecular weight excluding hydrogens is 221 g/mol. The first-order valence-corrected chi connectivity index (χ1v) is 5.23. The molecule has 0 aliphatic carbocycles. The molecular formula is C11H14FN5. The average Bonchev–Trinajstić information content (AvgIpc) is 2.71. The molecule has 0 amide bonds. The Hall–Kier alpha value is -1.79. The second-order valence-corrected chi connectivity index (χ2v) is 3.81. The molecule has 17 heavy (non-hydrogen) atoms. The van der Waals surface area contributed by atoms with Crippen LogP contribution in [-0.4, -0.2) is 14.5 Å². The predicted molar refractivity (Wildman–Crippen MR) is 61.2 cm³/mol. The van der Waals surface area contributed by atoms with Crippen LogP contribution >= 0.6 is 0 Å². The Bertz CT molecular complexity index is 496. The zero-order valence-corrected chi connectivity index (χ0v) is 9.47. The van der Waals surface area contributed by atoms with Gasteiger partial charge in [0.1, 0.15) is 11.6 Å². The van der Waals surface area contributed by atoms with E-state index in [2.05, 4.69) is 15.4 Å². The summed E-state index contributed by atoms with van der Waals surface area (Å²) in [5, 5.41) is 0. The minimum Gasteiger partial charge on any atom is -0.338 e. The standard InChI is InChI=1S/C11H14FN5/c1-17-3-2-15-11(17)5-10(16-13)8-4-9(12)7-14-6-8/h2-4,6-7,10,16H,5,13H2,1H3. The highest BCUT2D eigenvalue weighted by Gasteiger charge is 2.14. The molecule has 0 radical (unpaired) electrons. The van der Waals surface area contributed by atoms with E-state index in [0.717, 1.165) is 12.0 Å². The lowest BCUT2D eigenvalue weighted by Crippen LogP contribution is -2.30. The van der Waals surface area contributed by atoms with Gasteiger partial charge in [-0.05, 0) is 11.6 Å². The monoisotopic (exact) mass is 235 g/mol. The fourth-order valence-corrected chi connectivity index (χ4v) is 1.67. The fraction of sp³-hybridized carbons (Fsp3) is 0.273. The number of nitrogens with two attached hydrogens (primary N) is 1. The second kappa shape index (κ2) is 5.03. The molecule has 2 aromatic heterocycles. The summed E-state index contributed by atoms with van der Waals surface area (Å²) < 4.78 is 15.0. The number of aromatic nitrogens is 3. The van der Waals surface area contributed by atoms with Crippen molar-refractivity contribution in [2.45, 2.75) is 12.5 Å². The van der Waals surface area contributed by atoms with Crippen LogP contribution in [0.1, 0.15) is 17.4 Å². The summed E-state index contributed by atoms with van der Waals surface area (Å²) in [5.41, 5.74) is 3.36. The average molecular weight is 235 g/mol. The van der Waals surface area contributed by atoms with E-state index in [-0.39, 0.29) is 11.9 Å². The van der Waals surface area contributed by atoms with E-state index >= 15 is 0 Å². The summed E-state index contributed by atoms with van der Waals surface area (Å²) in [7, 11) is 1.90. The van der Waals surface area contributed by atoms with Crippen molar-refractivity contribution >= 4 is 0 Å². The van der Waals surface area contributed by atoms with Crippen molar-refractivity contribution in [2.24, 2.45) is 12.9 Å². The number of rotatable bonds is 4. The number of halogens is 1. The van der Waals surface area contributed by atoms with Crippen molar-refractivity contribution < 1.29 is 4.39 Å². The zero-order valence-electron chi connectivity index (χ0n) is 9.47. The molecule has 1 unspecified atom stereocenters. The third-order valence-corrected chi connectivity index (χ3v) is 2.64. The Labute approximate surface area is 98.5 Å². The van der Waals surface area contributed by atoms with Gasteiger partial charge in [0, 0.05) is 32.1 Å². The normalized spacial score (nSPS) is 12.6. The molecule has 2 aromatic rings. The number of hydrogen-bond acceptors (Lipinski definition) is 4. The molecule has 0 aromatic carbocycles. The number of nitrogens with one attached hydrogen (secondary N) is 1. The van der Waals surface area contributed by atoms with Crippen LogP contribution in [0.4, 0.5) is 4.39 Å². The van der Waals surface area contributed by atoms with Crippen molar-refractivity contribution in [3.05, 3.63) is 48.1 Å². The highest BCUT2D eigenvalue weighted by molar-refractivity contribution is 5.16. The topological polar surface area (TPSA) is 68.8 Å². The van der Waals surface area contributed by atoms with Crippen LogP contribution in [0.2, 0.25) is 0 Å². The summed E-state index contributed by atoms with van der Waals surface area (Å²) in [6.45, 7) is 0. The lowest BCUT2D eigenvalue weighted by molar-refractivity contribution is 0.522. The molecule has 0 spiro atoms. The van der Waals surface area contributed by atoms with Gasteiger partial charge in [0.25, 0.3) is 0 Å². The highest BCUT2D eigenvalue weighted by atomic mass is 19.1. The van der Waals surface area contributed by atoms with E-state index < -0.39 is 0 Å². The Kier molecular flexibility index (Phi) is 3.46. The summed E-state index contributed by atoms with van der Waals surface area (Å²) >= 11 is 0. The third kappa shape index (κ3) is 2.66. The van der Waals surface area contributed by atoms with E-state index in [1.165, 1.54) is 6.07 Å². The molecule has 2 rings (SSSR count). The number of imidazole rings is 1. The Morgan fingerprint density at radius 1 is 1.53 bits per heavy atom. The summed E-state index contributed by atoms with van der Waals surface area (Å²) in [5.74, 6) is 5.98. The van der Waals surface area contributed by atoms with Crippen LogP contribution in [0.5, 0.6) is 0 Å². The smallest absolute Gasteiger partial charge is 0.141 e. The maximum atomic E-state index is 13.1. The maximum absolute atomic E-state index is 13.1. The molecule has 0 bridgehead atoms. The third-order valence-electron chi connectivity index (χ3n) is 2.64. The van der Waals surface area contributed by atoms with E-state index in [1.54, 1.807) is 12.4 Å². The summed E-state index contributed by atoms with van der Waals surface area (Å²) in [6, 6.07) is 1.21. The van der Waals surface area contributed by atoms with Gasteiger partial charge in [-0.25, -0.2) is 9.37 Å². The van der Waals surface area contributed by atoms with Crippen LogP contribution in [0.15, 0.2) is 30.9 Å². The van der Waals surface area contributed by atoms with Gasteiger partial charge in [0.05, 0.1) is 12.2 Å². The maximum Gasteiger partial charge on any atom is 0.141 e. The van der Waals surface area contributed by atoms with E-state index in [4.69, 9.17) is 5.84 Å². The van der Waals surface area contributed by atoms with E-state index in [9.17, 15) is 4.39 Å². The Balaban J connectivity index is 2.20. The van der Waals surface area contributed by atoms with Crippen molar-refractivity contribution in [3.8, 4) is 0 Å². The number of aryl methyl sites for hydroxylation is 1. The molecule has 0 aliphatic heterocycles.